The lowest BCUT2D eigenvalue weighted by atomic mass is 9.95. The van der Waals surface area contributed by atoms with Gasteiger partial charge in [-0.15, -0.1) is 0 Å². The van der Waals surface area contributed by atoms with Crippen LogP contribution < -0.4 is 5.32 Å². The molecular formula is C22H24N2O6. The molecule has 2 aromatic rings. The quantitative estimate of drug-likeness (QED) is 0.578. The zero-order chi connectivity index (χ0) is 20.9. The van der Waals surface area contributed by atoms with Gasteiger partial charge in [-0.1, -0.05) is 65.8 Å². The van der Waals surface area contributed by atoms with Crippen molar-refractivity contribution >= 4 is 11.8 Å². The molecule has 0 aromatic heterocycles. The zero-order valence-electron chi connectivity index (χ0n) is 16.5. The minimum atomic E-state index is -0.799. The van der Waals surface area contributed by atoms with Gasteiger partial charge < -0.3 is 29.5 Å². The lowest BCUT2D eigenvalue weighted by Gasteiger charge is -2.46. The molecule has 0 bridgehead atoms. The van der Waals surface area contributed by atoms with E-state index >= 15 is 0 Å². The Morgan fingerprint density at radius 1 is 1.17 bits per heavy atom. The number of ether oxygens (including phenoxy) is 4. The minimum Gasteiger partial charge on any atom is -0.468 e. The standard InChI is InChI=1S/C22H24N2O6/c1-14(25)23-18-20(27-12-15-8-4-2-5-9-15)19-17(29-21(18)24-26)13-28-22(30-19)16-10-6-3-7-11-16/h2-11,17-20,22,26H,12-13H2,1H3,(H,23,25)/b24-21-/t17-,18-,19-,20+,22-/m1/s1. The van der Waals surface area contributed by atoms with Crippen molar-refractivity contribution in [1.29, 1.82) is 0 Å². The molecule has 8 nitrogen and oxygen atoms in total. The van der Waals surface area contributed by atoms with Gasteiger partial charge in [-0.3, -0.25) is 4.79 Å². The van der Waals surface area contributed by atoms with Crippen LogP contribution in [0.1, 0.15) is 24.3 Å². The topological polar surface area (TPSA) is 98.6 Å². The van der Waals surface area contributed by atoms with Crippen LogP contribution >= 0.6 is 0 Å². The lowest BCUT2D eigenvalue weighted by molar-refractivity contribution is -0.287. The Bertz CT molecular complexity index is 876. The van der Waals surface area contributed by atoms with E-state index in [1.54, 1.807) is 0 Å². The number of benzene rings is 2. The Labute approximate surface area is 174 Å². The number of nitrogens with one attached hydrogen (secondary N) is 1. The zero-order valence-corrected chi connectivity index (χ0v) is 16.5. The van der Waals surface area contributed by atoms with Crippen LogP contribution in [0, 0.1) is 0 Å². The highest BCUT2D eigenvalue weighted by Gasteiger charge is 2.50. The number of nitrogens with zero attached hydrogens (tertiary/aromatic N) is 1. The lowest BCUT2D eigenvalue weighted by Crippen LogP contribution is -2.65. The van der Waals surface area contributed by atoms with Crippen molar-refractivity contribution in [2.24, 2.45) is 5.16 Å². The van der Waals surface area contributed by atoms with E-state index in [4.69, 9.17) is 18.9 Å². The van der Waals surface area contributed by atoms with Gasteiger partial charge in [0, 0.05) is 12.5 Å². The highest BCUT2D eigenvalue weighted by atomic mass is 16.7. The fourth-order valence-corrected chi connectivity index (χ4v) is 3.69. The highest BCUT2D eigenvalue weighted by molar-refractivity contribution is 5.88. The predicted molar refractivity (Wildman–Crippen MR) is 107 cm³/mol. The summed E-state index contributed by atoms with van der Waals surface area (Å²) in [6.07, 6.45) is -2.32. The molecule has 0 spiro atoms. The first-order chi connectivity index (χ1) is 14.7. The predicted octanol–water partition coefficient (Wildman–Crippen LogP) is 2.38. The molecule has 0 radical (unpaired) electrons. The summed E-state index contributed by atoms with van der Waals surface area (Å²) in [7, 11) is 0. The van der Waals surface area contributed by atoms with Crippen LogP contribution in [0.3, 0.4) is 0 Å². The second-order valence-corrected chi connectivity index (χ2v) is 7.21. The fraction of sp³-hybridized carbons (Fsp3) is 0.364. The Kier molecular flexibility index (Phi) is 6.27. The summed E-state index contributed by atoms with van der Waals surface area (Å²) in [5.41, 5.74) is 1.84. The van der Waals surface area contributed by atoms with E-state index in [0.717, 1.165) is 11.1 Å². The number of carbonyl (C=O) groups is 1. The van der Waals surface area contributed by atoms with Crippen molar-refractivity contribution in [2.75, 3.05) is 6.61 Å². The molecule has 4 rings (SSSR count). The number of fused-ring (bicyclic) bond motifs is 1. The first kappa shape index (κ1) is 20.3. The maximum Gasteiger partial charge on any atom is 0.251 e. The summed E-state index contributed by atoms with van der Waals surface area (Å²) >= 11 is 0. The molecule has 1 amide bonds. The maximum absolute atomic E-state index is 11.8. The molecule has 8 heteroatoms. The van der Waals surface area contributed by atoms with E-state index in [1.165, 1.54) is 6.92 Å². The van der Waals surface area contributed by atoms with E-state index in [2.05, 4.69) is 10.5 Å². The molecule has 2 aromatic carbocycles. The SMILES string of the molecule is CC(=O)N[C@H]1/C(=N/O)O[C@@H]2CO[C@@H](c3ccccc3)O[C@H]2[C@H]1OCc1ccccc1. The molecule has 158 valence electrons. The normalized spacial score (nSPS) is 29.6. The van der Waals surface area contributed by atoms with Crippen LogP contribution in [-0.4, -0.2) is 48.0 Å². The number of hydrogen-bond acceptors (Lipinski definition) is 7. The summed E-state index contributed by atoms with van der Waals surface area (Å²) in [6, 6.07) is 18.4. The van der Waals surface area contributed by atoms with E-state index in [-0.39, 0.29) is 18.4 Å². The van der Waals surface area contributed by atoms with E-state index in [1.807, 2.05) is 60.7 Å². The van der Waals surface area contributed by atoms with Gasteiger partial charge >= 0.3 is 0 Å². The largest absolute Gasteiger partial charge is 0.468 e. The molecule has 30 heavy (non-hydrogen) atoms. The highest BCUT2D eigenvalue weighted by Crippen LogP contribution is 2.34. The van der Waals surface area contributed by atoms with Crippen LogP contribution in [0.2, 0.25) is 0 Å². The van der Waals surface area contributed by atoms with E-state index < -0.39 is 30.6 Å². The molecule has 2 fully saturated rings. The number of rotatable bonds is 5. The molecule has 2 heterocycles. The number of amides is 1. The summed E-state index contributed by atoms with van der Waals surface area (Å²) in [5, 5.41) is 15.5. The molecule has 2 saturated heterocycles. The average Bonchev–Trinajstić information content (AvgIpc) is 2.78. The van der Waals surface area contributed by atoms with E-state index in [9.17, 15) is 10.0 Å². The van der Waals surface area contributed by atoms with Crippen LogP contribution in [0.5, 0.6) is 0 Å². The second-order valence-electron chi connectivity index (χ2n) is 7.21. The molecule has 2 aliphatic heterocycles. The van der Waals surface area contributed by atoms with Gasteiger partial charge in [0.2, 0.25) is 5.91 Å². The smallest absolute Gasteiger partial charge is 0.251 e. The summed E-state index contributed by atoms with van der Waals surface area (Å²) < 4.78 is 24.0. The van der Waals surface area contributed by atoms with Gasteiger partial charge in [-0.2, -0.15) is 0 Å². The number of oxime groups is 1. The Balaban J connectivity index is 1.60. The second kappa shape index (κ2) is 9.25. The summed E-state index contributed by atoms with van der Waals surface area (Å²) in [6.45, 7) is 1.90. The minimum absolute atomic E-state index is 0.0325. The third-order valence-electron chi connectivity index (χ3n) is 5.06. The molecule has 0 saturated carbocycles. The molecule has 0 unspecified atom stereocenters. The van der Waals surface area contributed by atoms with Crippen LogP contribution in [0.15, 0.2) is 65.8 Å². The summed E-state index contributed by atoms with van der Waals surface area (Å²) in [4.78, 5) is 11.8. The van der Waals surface area contributed by atoms with Gasteiger partial charge in [0.25, 0.3) is 5.90 Å². The van der Waals surface area contributed by atoms with Gasteiger partial charge in [-0.05, 0) is 5.56 Å². The van der Waals surface area contributed by atoms with Crippen LogP contribution in [0.4, 0.5) is 0 Å². The third-order valence-corrected chi connectivity index (χ3v) is 5.06. The van der Waals surface area contributed by atoms with Crippen molar-refractivity contribution in [3.8, 4) is 0 Å². The number of hydrogen-bond donors (Lipinski definition) is 2. The Morgan fingerprint density at radius 2 is 1.87 bits per heavy atom. The van der Waals surface area contributed by atoms with Crippen molar-refractivity contribution in [2.45, 2.75) is 44.2 Å². The fourth-order valence-electron chi connectivity index (χ4n) is 3.69. The number of carbonyl (C=O) groups excluding carboxylic acids is 1. The van der Waals surface area contributed by atoms with Gasteiger partial charge in [0.15, 0.2) is 12.4 Å². The van der Waals surface area contributed by atoms with E-state index in [0.29, 0.717) is 6.61 Å². The first-order valence-corrected chi connectivity index (χ1v) is 9.79. The van der Waals surface area contributed by atoms with Gasteiger partial charge in [0.05, 0.1) is 13.2 Å². The Morgan fingerprint density at radius 3 is 2.53 bits per heavy atom. The molecule has 5 atom stereocenters. The molecule has 2 N–H and O–H groups in total. The van der Waals surface area contributed by atoms with Crippen LogP contribution in [-0.2, 0) is 30.3 Å². The molecular weight excluding hydrogens is 388 g/mol. The van der Waals surface area contributed by atoms with Crippen molar-refractivity contribution < 1.29 is 28.9 Å². The third kappa shape index (κ3) is 4.46. The first-order valence-electron chi connectivity index (χ1n) is 9.79. The van der Waals surface area contributed by atoms with Gasteiger partial charge in [-0.25, -0.2) is 0 Å². The average molecular weight is 412 g/mol. The monoisotopic (exact) mass is 412 g/mol. The van der Waals surface area contributed by atoms with Crippen molar-refractivity contribution in [3.63, 3.8) is 0 Å². The van der Waals surface area contributed by atoms with Crippen molar-refractivity contribution in [1.82, 2.24) is 5.32 Å². The maximum atomic E-state index is 11.8. The van der Waals surface area contributed by atoms with Crippen LogP contribution in [0.25, 0.3) is 0 Å². The molecule has 2 aliphatic rings. The summed E-state index contributed by atoms with van der Waals surface area (Å²) in [5.74, 6) is -0.335. The van der Waals surface area contributed by atoms with Gasteiger partial charge in [0.1, 0.15) is 18.2 Å². The van der Waals surface area contributed by atoms with Crippen molar-refractivity contribution in [3.05, 3.63) is 71.8 Å². The molecule has 0 aliphatic carbocycles. The Hall–Kier alpha value is -2.94.